The second-order valence-corrected chi connectivity index (χ2v) is 6.97. The van der Waals surface area contributed by atoms with Gasteiger partial charge in [0.15, 0.2) is 0 Å². The van der Waals surface area contributed by atoms with Gasteiger partial charge in [-0.15, -0.1) is 0 Å². The molecule has 0 aromatic carbocycles. The van der Waals surface area contributed by atoms with E-state index in [1.807, 2.05) is 18.7 Å². The summed E-state index contributed by atoms with van der Waals surface area (Å²) in [4.78, 5) is 16.5. The molecule has 120 valence electrons. The molecule has 0 aromatic heterocycles. The molecule has 2 N–H and O–H groups in total. The van der Waals surface area contributed by atoms with E-state index in [0.717, 1.165) is 45.4 Å². The van der Waals surface area contributed by atoms with Crippen LogP contribution in [0, 0.1) is 5.41 Å². The third kappa shape index (κ3) is 4.71. The maximum atomic E-state index is 12.1. The molecule has 5 nitrogen and oxygen atoms in total. The van der Waals surface area contributed by atoms with E-state index in [9.17, 15) is 9.90 Å². The van der Waals surface area contributed by atoms with Crippen LogP contribution in [0.2, 0.25) is 0 Å². The Kier molecular flexibility index (Phi) is 5.65. The minimum atomic E-state index is -0.0494. The highest BCUT2D eigenvalue weighted by Gasteiger charge is 2.30. The van der Waals surface area contributed by atoms with E-state index in [2.05, 4.69) is 22.4 Å². The van der Waals surface area contributed by atoms with Crippen LogP contribution in [0.15, 0.2) is 12.2 Å². The number of hydrogen-bond donors (Lipinski definition) is 2. The van der Waals surface area contributed by atoms with Crippen molar-refractivity contribution < 1.29 is 9.90 Å². The summed E-state index contributed by atoms with van der Waals surface area (Å²) in [6, 6.07) is 0.575. The number of hydrogen-bond acceptors (Lipinski definition) is 3. The highest BCUT2D eigenvalue weighted by molar-refractivity contribution is 5.74. The zero-order chi connectivity index (χ0) is 15.3. The first-order valence-corrected chi connectivity index (χ1v) is 8.04. The van der Waals surface area contributed by atoms with E-state index < -0.39 is 0 Å². The van der Waals surface area contributed by atoms with Crippen LogP contribution in [0.4, 0.5) is 4.79 Å². The number of rotatable bonds is 6. The summed E-state index contributed by atoms with van der Waals surface area (Å²) in [6.45, 7) is 8.72. The van der Waals surface area contributed by atoms with Crippen LogP contribution in [0.1, 0.15) is 33.1 Å². The van der Waals surface area contributed by atoms with E-state index in [4.69, 9.17) is 0 Å². The molecular weight excluding hydrogens is 266 g/mol. The molecule has 2 aliphatic rings. The first-order valence-electron chi connectivity index (χ1n) is 8.04. The topological polar surface area (TPSA) is 55.8 Å². The lowest BCUT2D eigenvalue weighted by Crippen LogP contribution is -2.42. The van der Waals surface area contributed by atoms with E-state index in [0.29, 0.717) is 12.6 Å². The van der Waals surface area contributed by atoms with E-state index >= 15 is 0 Å². The average Bonchev–Trinajstić information content (AvgIpc) is 3.13. The van der Waals surface area contributed by atoms with E-state index in [1.54, 1.807) is 0 Å². The molecule has 1 unspecified atom stereocenters. The molecule has 0 bridgehead atoms. The lowest BCUT2D eigenvalue weighted by atomic mass is 9.89. The van der Waals surface area contributed by atoms with Crippen LogP contribution in [-0.4, -0.2) is 66.3 Å². The highest BCUT2D eigenvalue weighted by atomic mass is 16.3. The molecule has 1 atom stereocenters. The highest BCUT2D eigenvalue weighted by Crippen LogP contribution is 2.21. The van der Waals surface area contributed by atoms with Crippen molar-refractivity contribution in [2.24, 2.45) is 5.41 Å². The van der Waals surface area contributed by atoms with Gasteiger partial charge in [0.1, 0.15) is 0 Å². The molecule has 0 saturated carbocycles. The number of carbonyl (C=O) groups excluding carboxylic acids is 1. The van der Waals surface area contributed by atoms with Gasteiger partial charge in [-0.3, -0.25) is 4.90 Å². The SMILES string of the molecule is CC(C)(CO)CCCNC(=O)N1CCC(N2CC=CC2)C1. The smallest absolute Gasteiger partial charge is 0.317 e. The Morgan fingerprint density at radius 2 is 2.10 bits per heavy atom. The molecule has 1 fully saturated rings. The molecule has 0 aliphatic carbocycles. The van der Waals surface area contributed by atoms with Crippen LogP contribution in [0.5, 0.6) is 0 Å². The maximum absolute atomic E-state index is 12.1. The van der Waals surface area contributed by atoms with Crippen molar-refractivity contribution in [3.05, 3.63) is 12.2 Å². The molecule has 0 spiro atoms. The van der Waals surface area contributed by atoms with Gasteiger partial charge in [0, 0.05) is 45.4 Å². The lowest BCUT2D eigenvalue weighted by Gasteiger charge is -2.24. The summed E-state index contributed by atoms with van der Waals surface area (Å²) in [5.41, 5.74) is -0.0494. The molecule has 0 radical (unpaired) electrons. The van der Waals surface area contributed by atoms with Gasteiger partial charge in [-0.1, -0.05) is 26.0 Å². The summed E-state index contributed by atoms with van der Waals surface area (Å²) in [7, 11) is 0. The van der Waals surface area contributed by atoms with Crippen molar-refractivity contribution in [1.82, 2.24) is 15.1 Å². The van der Waals surface area contributed by atoms with Gasteiger partial charge in [-0.25, -0.2) is 4.79 Å². The number of amides is 2. The molecule has 2 heterocycles. The zero-order valence-corrected chi connectivity index (χ0v) is 13.3. The Labute approximate surface area is 128 Å². The predicted octanol–water partition coefficient (Wildman–Crippen LogP) is 1.44. The second kappa shape index (κ2) is 7.27. The molecular formula is C16H29N3O2. The molecule has 0 aromatic rings. The first-order chi connectivity index (χ1) is 10.0. The number of aliphatic hydroxyl groups is 1. The van der Waals surface area contributed by atoms with Crippen molar-refractivity contribution in [2.75, 3.05) is 39.3 Å². The normalized spacial score (nSPS) is 23.0. The van der Waals surface area contributed by atoms with Gasteiger partial charge in [0.2, 0.25) is 0 Å². The van der Waals surface area contributed by atoms with Gasteiger partial charge in [-0.05, 0) is 24.7 Å². The van der Waals surface area contributed by atoms with Gasteiger partial charge in [-0.2, -0.15) is 0 Å². The minimum Gasteiger partial charge on any atom is -0.396 e. The largest absolute Gasteiger partial charge is 0.396 e. The van der Waals surface area contributed by atoms with Gasteiger partial charge in [0.25, 0.3) is 0 Å². The molecule has 5 heteroatoms. The summed E-state index contributed by atoms with van der Waals surface area (Å²) in [6.07, 6.45) is 7.31. The van der Waals surface area contributed by atoms with Crippen LogP contribution >= 0.6 is 0 Å². The van der Waals surface area contributed by atoms with Crippen molar-refractivity contribution in [3.63, 3.8) is 0 Å². The quantitative estimate of drug-likeness (QED) is 0.576. The number of likely N-dealkylation sites (tertiary alicyclic amines) is 1. The summed E-state index contributed by atoms with van der Waals surface area (Å²) in [5.74, 6) is 0. The van der Waals surface area contributed by atoms with Crippen molar-refractivity contribution >= 4 is 6.03 Å². The third-order valence-electron chi connectivity index (χ3n) is 4.55. The predicted molar refractivity (Wildman–Crippen MR) is 84.2 cm³/mol. The average molecular weight is 295 g/mol. The Bertz CT molecular complexity index is 374. The van der Waals surface area contributed by atoms with E-state index in [-0.39, 0.29) is 18.1 Å². The maximum Gasteiger partial charge on any atom is 0.317 e. The van der Waals surface area contributed by atoms with Crippen molar-refractivity contribution in [3.8, 4) is 0 Å². The van der Waals surface area contributed by atoms with Gasteiger partial charge in [0.05, 0.1) is 0 Å². The third-order valence-corrected chi connectivity index (χ3v) is 4.55. The number of nitrogens with zero attached hydrogens (tertiary/aromatic N) is 2. The Morgan fingerprint density at radius 1 is 1.38 bits per heavy atom. The van der Waals surface area contributed by atoms with Crippen LogP contribution in [-0.2, 0) is 0 Å². The van der Waals surface area contributed by atoms with Crippen molar-refractivity contribution in [2.45, 2.75) is 39.2 Å². The van der Waals surface area contributed by atoms with Gasteiger partial charge < -0.3 is 15.3 Å². The summed E-state index contributed by atoms with van der Waals surface area (Å²) >= 11 is 0. The van der Waals surface area contributed by atoms with Crippen LogP contribution in [0.25, 0.3) is 0 Å². The fraction of sp³-hybridized carbons (Fsp3) is 0.812. The molecule has 2 rings (SSSR count). The molecule has 1 saturated heterocycles. The van der Waals surface area contributed by atoms with Crippen LogP contribution < -0.4 is 5.32 Å². The van der Waals surface area contributed by atoms with Gasteiger partial charge >= 0.3 is 6.03 Å². The Balaban J connectivity index is 1.63. The zero-order valence-electron chi connectivity index (χ0n) is 13.3. The summed E-state index contributed by atoms with van der Waals surface area (Å²) < 4.78 is 0. The molecule has 21 heavy (non-hydrogen) atoms. The number of nitrogens with one attached hydrogen (secondary N) is 1. The molecule has 2 amide bonds. The number of aliphatic hydroxyl groups excluding tert-OH is 1. The standard InChI is InChI=1S/C16H29N3O2/c1-16(2,13-20)7-5-8-17-15(21)19-11-6-14(12-19)18-9-3-4-10-18/h3-4,14,20H,5-13H2,1-2H3,(H,17,21). The molecule has 2 aliphatic heterocycles. The Hall–Kier alpha value is -1.07. The number of carbonyl (C=O) groups is 1. The monoisotopic (exact) mass is 295 g/mol. The minimum absolute atomic E-state index is 0.0494. The number of urea groups is 1. The van der Waals surface area contributed by atoms with E-state index in [1.165, 1.54) is 0 Å². The fourth-order valence-electron chi connectivity index (χ4n) is 2.97. The lowest BCUT2D eigenvalue weighted by molar-refractivity contribution is 0.147. The first kappa shape index (κ1) is 16.3. The summed E-state index contributed by atoms with van der Waals surface area (Å²) in [5, 5.41) is 12.2. The fourth-order valence-corrected chi connectivity index (χ4v) is 2.97. The Morgan fingerprint density at radius 3 is 2.76 bits per heavy atom. The van der Waals surface area contributed by atoms with Crippen molar-refractivity contribution in [1.29, 1.82) is 0 Å². The second-order valence-electron chi connectivity index (χ2n) is 6.97. The van der Waals surface area contributed by atoms with Crippen LogP contribution in [0.3, 0.4) is 0 Å².